The van der Waals surface area contributed by atoms with Crippen molar-refractivity contribution in [3.63, 3.8) is 0 Å². The van der Waals surface area contributed by atoms with E-state index in [1.807, 2.05) is 11.0 Å². The van der Waals surface area contributed by atoms with Gasteiger partial charge in [0.05, 0.1) is 11.5 Å². The van der Waals surface area contributed by atoms with Crippen molar-refractivity contribution < 1.29 is 14.0 Å². The minimum absolute atomic E-state index is 0.0762. The Morgan fingerprint density at radius 2 is 1.62 bits per heavy atom. The Bertz CT molecular complexity index is 793. The molecule has 1 saturated heterocycles. The molecule has 7 heteroatoms. The van der Waals surface area contributed by atoms with E-state index in [2.05, 4.69) is 34.5 Å². The lowest BCUT2D eigenvalue weighted by Crippen LogP contribution is -2.49. The maximum Gasteiger partial charge on any atom is 0.234 e. The van der Waals surface area contributed by atoms with Crippen LogP contribution in [0.5, 0.6) is 0 Å². The number of carbonyl (C=O) groups excluding carboxylic acids is 2. The van der Waals surface area contributed by atoms with Crippen molar-refractivity contribution in [3.05, 3.63) is 66.0 Å². The molecule has 0 saturated carbocycles. The summed E-state index contributed by atoms with van der Waals surface area (Å²) in [5.74, 6) is 0.0247. The molecule has 0 spiro atoms. The molecule has 0 bridgehead atoms. The van der Waals surface area contributed by atoms with E-state index in [1.54, 1.807) is 0 Å². The molecule has 0 atom stereocenters. The first-order chi connectivity index (χ1) is 14.1. The van der Waals surface area contributed by atoms with Crippen LogP contribution in [0.25, 0.3) is 0 Å². The highest BCUT2D eigenvalue weighted by molar-refractivity contribution is 8.00. The molecule has 1 aliphatic rings. The molecule has 154 valence electrons. The van der Waals surface area contributed by atoms with Crippen LogP contribution >= 0.6 is 11.8 Å². The van der Waals surface area contributed by atoms with E-state index in [9.17, 15) is 14.0 Å². The fourth-order valence-electron chi connectivity index (χ4n) is 3.21. The summed E-state index contributed by atoms with van der Waals surface area (Å²) in [6.07, 6.45) is 1.02. The van der Waals surface area contributed by atoms with Gasteiger partial charge < -0.3 is 10.2 Å². The number of hydrogen-bond acceptors (Lipinski definition) is 4. The maximum atomic E-state index is 12.9. The van der Waals surface area contributed by atoms with Gasteiger partial charge in [-0.25, -0.2) is 4.39 Å². The van der Waals surface area contributed by atoms with Crippen molar-refractivity contribution in [3.8, 4) is 0 Å². The van der Waals surface area contributed by atoms with E-state index in [0.29, 0.717) is 11.4 Å². The number of carbonyl (C=O) groups is 2. The van der Waals surface area contributed by atoms with Gasteiger partial charge in [0.2, 0.25) is 11.8 Å². The molecule has 2 aromatic rings. The van der Waals surface area contributed by atoms with Crippen LogP contribution in [0.3, 0.4) is 0 Å². The molecule has 1 aliphatic heterocycles. The van der Waals surface area contributed by atoms with Crippen LogP contribution < -0.4 is 5.32 Å². The normalized spacial score (nSPS) is 14.6. The Balaban J connectivity index is 1.30. The Morgan fingerprint density at radius 3 is 2.31 bits per heavy atom. The van der Waals surface area contributed by atoms with Crippen molar-refractivity contribution in [1.29, 1.82) is 0 Å². The van der Waals surface area contributed by atoms with Crippen LogP contribution in [0, 0.1) is 5.82 Å². The van der Waals surface area contributed by atoms with Gasteiger partial charge in [0, 0.05) is 38.4 Å². The highest BCUT2D eigenvalue weighted by atomic mass is 32.2. The molecule has 0 unspecified atom stereocenters. The van der Waals surface area contributed by atoms with Gasteiger partial charge in [-0.05, 0) is 36.2 Å². The third-order valence-corrected chi connectivity index (χ3v) is 5.79. The van der Waals surface area contributed by atoms with E-state index in [-0.39, 0.29) is 23.4 Å². The van der Waals surface area contributed by atoms with Crippen LogP contribution in [0.1, 0.15) is 5.56 Å². The molecule has 1 heterocycles. The first kappa shape index (κ1) is 21.3. The minimum Gasteiger partial charge on any atom is -0.339 e. The van der Waals surface area contributed by atoms with Crippen molar-refractivity contribution in [2.75, 3.05) is 49.5 Å². The van der Waals surface area contributed by atoms with E-state index in [1.165, 1.54) is 41.6 Å². The summed E-state index contributed by atoms with van der Waals surface area (Å²) in [6.45, 7) is 4.23. The highest BCUT2D eigenvalue weighted by Crippen LogP contribution is 2.11. The number of hydrogen-bond donors (Lipinski definition) is 1. The maximum absolute atomic E-state index is 12.9. The molecule has 2 aromatic carbocycles. The number of rotatable bonds is 8. The summed E-state index contributed by atoms with van der Waals surface area (Å²) < 4.78 is 12.9. The van der Waals surface area contributed by atoms with E-state index >= 15 is 0 Å². The van der Waals surface area contributed by atoms with E-state index in [4.69, 9.17) is 0 Å². The number of anilines is 1. The smallest absolute Gasteiger partial charge is 0.234 e. The topological polar surface area (TPSA) is 52.7 Å². The fraction of sp³-hybridized carbons (Fsp3) is 0.364. The van der Waals surface area contributed by atoms with E-state index in [0.717, 1.165) is 39.1 Å². The molecule has 1 N–H and O–H groups in total. The second kappa shape index (κ2) is 11.0. The van der Waals surface area contributed by atoms with Crippen LogP contribution in [0.2, 0.25) is 0 Å². The van der Waals surface area contributed by atoms with Gasteiger partial charge in [-0.15, -0.1) is 11.8 Å². The van der Waals surface area contributed by atoms with Crippen molar-refractivity contribution >= 4 is 29.3 Å². The molecule has 1 fully saturated rings. The summed E-state index contributed by atoms with van der Waals surface area (Å²) in [4.78, 5) is 28.6. The van der Waals surface area contributed by atoms with Gasteiger partial charge in [0.1, 0.15) is 5.82 Å². The number of halogens is 1. The molecule has 0 aromatic heterocycles. The Hall–Kier alpha value is -2.38. The highest BCUT2D eigenvalue weighted by Gasteiger charge is 2.21. The number of nitrogens with one attached hydrogen (secondary N) is 1. The molecular formula is C22H26FN3O2S. The molecule has 5 nitrogen and oxygen atoms in total. The zero-order valence-electron chi connectivity index (χ0n) is 16.4. The quantitative estimate of drug-likeness (QED) is 0.720. The van der Waals surface area contributed by atoms with Gasteiger partial charge in [-0.3, -0.25) is 14.5 Å². The molecule has 0 radical (unpaired) electrons. The van der Waals surface area contributed by atoms with Crippen LogP contribution in [-0.2, 0) is 16.0 Å². The lowest BCUT2D eigenvalue weighted by Gasteiger charge is -2.34. The van der Waals surface area contributed by atoms with E-state index < -0.39 is 0 Å². The van der Waals surface area contributed by atoms with Crippen molar-refractivity contribution in [1.82, 2.24) is 9.80 Å². The fourth-order valence-corrected chi connectivity index (χ4v) is 3.92. The minimum atomic E-state index is -0.344. The third-order valence-electron chi connectivity index (χ3n) is 4.87. The van der Waals surface area contributed by atoms with Crippen LogP contribution in [0.4, 0.5) is 10.1 Å². The average molecular weight is 416 g/mol. The Labute approximate surface area is 175 Å². The number of nitrogens with zero attached hydrogens (tertiary/aromatic N) is 2. The van der Waals surface area contributed by atoms with Gasteiger partial charge in [-0.1, -0.05) is 30.3 Å². The molecular weight excluding hydrogens is 389 g/mol. The number of thioether (sulfide) groups is 1. The third kappa shape index (κ3) is 7.18. The Morgan fingerprint density at radius 1 is 0.931 bits per heavy atom. The monoisotopic (exact) mass is 415 g/mol. The van der Waals surface area contributed by atoms with Gasteiger partial charge in [-0.2, -0.15) is 0 Å². The van der Waals surface area contributed by atoms with Crippen molar-refractivity contribution in [2.45, 2.75) is 6.42 Å². The number of amides is 2. The largest absolute Gasteiger partial charge is 0.339 e. The van der Waals surface area contributed by atoms with Gasteiger partial charge in [0.25, 0.3) is 0 Å². The SMILES string of the molecule is O=C(CSCC(=O)N1CCN(CCc2ccccc2)CC1)Nc1ccc(F)cc1. The predicted molar refractivity (Wildman–Crippen MR) is 116 cm³/mol. The summed E-state index contributed by atoms with van der Waals surface area (Å²) in [5.41, 5.74) is 1.89. The van der Waals surface area contributed by atoms with Crippen LogP contribution in [0.15, 0.2) is 54.6 Å². The first-order valence-electron chi connectivity index (χ1n) is 9.77. The number of benzene rings is 2. The standard InChI is InChI=1S/C22H26FN3O2S/c23-19-6-8-20(9-7-19)24-21(27)16-29-17-22(28)26-14-12-25(13-15-26)11-10-18-4-2-1-3-5-18/h1-9H,10-17H2,(H,24,27). The summed E-state index contributed by atoms with van der Waals surface area (Å²) in [6, 6.07) is 16.1. The molecule has 2 amide bonds. The van der Waals surface area contributed by atoms with Gasteiger partial charge >= 0.3 is 0 Å². The second-order valence-corrected chi connectivity index (χ2v) is 7.99. The lowest BCUT2D eigenvalue weighted by molar-refractivity contribution is -0.130. The summed E-state index contributed by atoms with van der Waals surface area (Å²) in [5, 5.41) is 2.70. The zero-order chi connectivity index (χ0) is 20.5. The Kier molecular flexibility index (Phi) is 8.07. The predicted octanol–water partition coefficient (Wildman–Crippen LogP) is 2.88. The summed E-state index contributed by atoms with van der Waals surface area (Å²) in [7, 11) is 0. The summed E-state index contributed by atoms with van der Waals surface area (Å²) >= 11 is 1.30. The number of piperazine rings is 1. The molecule has 29 heavy (non-hydrogen) atoms. The first-order valence-corrected chi connectivity index (χ1v) is 10.9. The lowest BCUT2D eigenvalue weighted by atomic mass is 10.1. The van der Waals surface area contributed by atoms with Crippen molar-refractivity contribution in [2.24, 2.45) is 0 Å². The second-order valence-electron chi connectivity index (χ2n) is 7.01. The van der Waals surface area contributed by atoms with Crippen LogP contribution in [-0.4, -0.2) is 65.8 Å². The molecule has 0 aliphatic carbocycles. The molecule has 3 rings (SSSR count). The average Bonchev–Trinajstić information content (AvgIpc) is 2.75. The van der Waals surface area contributed by atoms with Gasteiger partial charge in [0.15, 0.2) is 0 Å². The zero-order valence-corrected chi connectivity index (χ0v) is 17.2.